The number of carbonyl (C=O) groups is 1. The van der Waals surface area contributed by atoms with Crippen LogP contribution in [-0.2, 0) is 20.4 Å². The Bertz CT molecular complexity index is 528. The molecule has 0 aromatic heterocycles. The molecular weight excluding hydrogens is 330 g/mol. The molecule has 0 spiro atoms. The SMILES string of the molecule is CCCCNC(=O)CS(=O)(=O)Cc1cccc(Br)c1. The Kier molecular flexibility index (Phi) is 6.51. The van der Waals surface area contributed by atoms with Crippen LogP contribution in [0.4, 0.5) is 0 Å². The lowest BCUT2D eigenvalue weighted by atomic mass is 10.2. The Balaban J connectivity index is 2.54. The molecule has 0 fully saturated rings. The van der Waals surface area contributed by atoms with Gasteiger partial charge in [-0.2, -0.15) is 0 Å². The van der Waals surface area contributed by atoms with Gasteiger partial charge < -0.3 is 5.32 Å². The van der Waals surface area contributed by atoms with Gasteiger partial charge in [0, 0.05) is 11.0 Å². The van der Waals surface area contributed by atoms with Gasteiger partial charge in [0.05, 0.1) is 5.75 Å². The summed E-state index contributed by atoms with van der Waals surface area (Å²) in [4.78, 5) is 11.5. The minimum Gasteiger partial charge on any atom is -0.355 e. The van der Waals surface area contributed by atoms with Gasteiger partial charge in [-0.25, -0.2) is 8.42 Å². The molecule has 1 aromatic carbocycles. The molecule has 0 aliphatic heterocycles. The van der Waals surface area contributed by atoms with Gasteiger partial charge in [-0.05, 0) is 24.1 Å². The number of nitrogens with one attached hydrogen (secondary N) is 1. The summed E-state index contributed by atoms with van der Waals surface area (Å²) in [5.41, 5.74) is 0.677. The second-order valence-corrected chi connectivity index (χ2v) is 7.35. The van der Waals surface area contributed by atoms with Crippen molar-refractivity contribution in [2.45, 2.75) is 25.5 Å². The predicted molar refractivity (Wildman–Crippen MR) is 79.6 cm³/mol. The zero-order valence-electron chi connectivity index (χ0n) is 10.9. The van der Waals surface area contributed by atoms with Crippen LogP contribution >= 0.6 is 15.9 Å². The molecular formula is C13H18BrNO3S. The van der Waals surface area contributed by atoms with Crippen molar-refractivity contribution in [1.82, 2.24) is 5.32 Å². The smallest absolute Gasteiger partial charge is 0.235 e. The molecule has 1 N–H and O–H groups in total. The average Bonchev–Trinajstić information content (AvgIpc) is 2.27. The fourth-order valence-electron chi connectivity index (χ4n) is 1.59. The fourth-order valence-corrected chi connectivity index (χ4v) is 3.32. The summed E-state index contributed by atoms with van der Waals surface area (Å²) in [6, 6.07) is 7.08. The molecule has 0 radical (unpaired) electrons. The zero-order chi connectivity index (χ0) is 14.3. The molecule has 6 heteroatoms. The summed E-state index contributed by atoms with van der Waals surface area (Å²) in [6.45, 7) is 2.54. The van der Waals surface area contributed by atoms with Crippen molar-refractivity contribution >= 4 is 31.7 Å². The molecule has 106 valence electrons. The molecule has 0 bridgehead atoms. The van der Waals surface area contributed by atoms with Crippen molar-refractivity contribution in [3.8, 4) is 0 Å². The molecule has 0 saturated carbocycles. The van der Waals surface area contributed by atoms with Crippen molar-refractivity contribution in [3.05, 3.63) is 34.3 Å². The van der Waals surface area contributed by atoms with Crippen molar-refractivity contribution < 1.29 is 13.2 Å². The maximum Gasteiger partial charge on any atom is 0.235 e. The van der Waals surface area contributed by atoms with Gasteiger partial charge in [-0.1, -0.05) is 41.4 Å². The number of hydrogen-bond acceptors (Lipinski definition) is 3. The minimum atomic E-state index is -3.42. The lowest BCUT2D eigenvalue weighted by Crippen LogP contribution is -2.31. The van der Waals surface area contributed by atoms with Gasteiger partial charge in [0.25, 0.3) is 0 Å². The van der Waals surface area contributed by atoms with E-state index in [1.807, 2.05) is 13.0 Å². The minimum absolute atomic E-state index is 0.117. The third-order valence-electron chi connectivity index (χ3n) is 2.48. The second-order valence-electron chi connectivity index (χ2n) is 4.37. The highest BCUT2D eigenvalue weighted by Crippen LogP contribution is 2.14. The summed E-state index contributed by atoms with van der Waals surface area (Å²) in [6.07, 6.45) is 1.82. The lowest BCUT2D eigenvalue weighted by Gasteiger charge is -2.06. The van der Waals surface area contributed by atoms with Crippen LogP contribution in [0.3, 0.4) is 0 Å². The van der Waals surface area contributed by atoms with E-state index in [4.69, 9.17) is 0 Å². The van der Waals surface area contributed by atoms with Gasteiger partial charge in [-0.3, -0.25) is 4.79 Å². The molecule has 1 rings (SSSR count). The fraction of sp³-hybridized carbons (Fsp3) is 0.462. The predicted octanol–water partition coefficient (Wildman–Crippen LogP) is 2.28. The van der Waals surface area contributed by atoms with E-state index in [0.29, 0.717) is 12.1 Å². The van der Waals surface area contributed by atoms with Crippen LogP contribution in [0.1, 0.15) is 25.3 Å². The van der Waals surface area contributed by atoms with Crippen molar-refractivity contribution in [1.29, 1.82) is 0 Å². The van der Waals surface area contributed by atoms with E-state index in [1.165, 1.54) is 0 Å². The Morgan fingerprint density at radius 2 is 2.11 bits per heavy atom. The molecule has 0 aliphatic rings. The van der Waals surface area contributed by atoms with Crippen molar-refractivity contribution in [2.24, 2.45) is 0 Å². The quantitative estimate of drug-likeness (QED) is 0.769. The zero-order valence-corrected chi connectivity index (χ0v) is 13.3. The lowest BCUT2D eigenvalue weighted by molar-refractivity contribution is -0.118. The van der Waals surface area contributed by atoms with Gasteiger partial charge in [0.2, 0.25) is 5.91 Å². The summed E-state index contributed by atoms with van der Waals surface area (Å²) in [5, 5.41) is 2.61. The highest BCUT2D eigenvalue weighted by molar-refractivity contribution is 9.10. The molecule has 1 amide bonds. The van der Waals surface area contributed by atoms with E-state index in [9.17, 15) is 13.2 Å². The van der Waals surface area contributed by atoms with Crippen molar-refractivity contribution in [3.63, 3.8) is 0 Å². The summed E-state index contributed by atoms with van der Waals surface area (Å²) in [7, 11) is -3.42. The number of unbranched alkanes of at least 4 members (excludes halogenated alkanes) is 1. The van der Waals surface area contributed by atoms with Gasteiger partial charge >= 0.3 is 0 Å². The standard InChI is InChI=1S/C13H18BrNO3S/c1-2-3-7-15-13(16)10-19(17,18)9-11-5-4-6-12(14)8-11/h4-6,8H,2-3,7,9-10H2,1H3,(H,15,16). The van der Waals surface area contributed by atoms with Crippen LogP contribution in [0.2, 0.25) is 0 Å². The van der Waals surface area contributed by atoms with E-state index >= 15 is 0 Å². The van der Waals surface area contributed by atoms with Crippen LogP contribution in [-0.4, -0.2) is 26.6 Å². The summed E-state index contributed by atoms with van der Waals surface area (Å²) in [5.74, 6) is -1.000. The monoisotopic (exact) mass is 347 g/mol. The molecule has 0 aliphatic carbocycles. The van der Waals surface area contributed by atoms with E-state index in [-0.39, 0.29) is 5.75 Å². The Hall–Kier alpha value is -0.880. The number of benzene rings is 1. The van der Waals surface area contributed by atoms with Crippen molar-refractivity contribution in [2.75, 3.05) is 12.3 Å². The second kappa shape index (κ2) is 7.65. The molecule has 4 nitrogen and oxygen atoms in total. The molecule has 1 aromatic rings. The first-order chi connectivity index (χ1) is 8.93. The number of carbonyl (C=O) groups excluding carboxylic acids is 1. The Morgan fingerprint density at radius 3 is 2.74 bits per heavy atom. The number of rotatable bonds is 7. The third-order valence-corrected chi connectivity index (χ3v) is 4.45. The van der Waals surface area contributed by atoms with Crippen LogP contribution in [0.15, 0.2) is 28.7 Å². The summed E-state index contributed by atoms with van der Waals surface area (Å²) >= 11 is 3.29. The normalized spacial score (nSPS) is 11.3. The first-order valence-corrected chi connectivity index (χ1v) is 8.76. The molecule has 0 heterocycles. The van der Waals surface area contributed by atoms with E-state index in [2.05, 4.69) is 21.2 Å². The maximum atomic E-state index is 11.9. The third kappa shape index (κ3) is 6.73. The van der Waals surface area contributed by atoms with Gasteiger partial charge in [-0.15, -0.1) is 0 Å². The summed E-state index contributed by atoms with van der Waals surface area (Å²) < 4.78 is 24.6. The highest BCUT2D eigenvalue weighted by Gasteiger charge is 2.17. The van der Waals surface area contributed by atoms with Crippen LogP contribution in [0.25, 0.3) is 0 Å². The van der Waals surface area contributed by atoms with Gasteiger partial charge in [0.1, 0.15) is 5.75 Å². The van der Waals surface area contributed by atoms with E-state index < -0.39 is 21.5 Å². The molecule has 0 unspecified atom stereocenters. The molecule has 0 saturated heterocycles. The molecule has 0 atom stereocenters. The first kappa shape index (κ1) is 16.2. The first-order valence-electron chi connectivity index (χ1n) is 6.14. The van der Waals surface area contributed by atoms with Crippen LogP contribution < -0.4 is 5.32 Å². The number of hydrogen-bond donors (Lipinski definition) is 1. The Morgan fingerprint density at radius 1 is 1.37 bits per heavy atom. The highest BCUT2D eigenvalue weighted by atomic mass is 79.9. The number of amides is 1. The van der Waals surface area contributed by atoms with Crippen LogP contribution in [0.5, 0.6) is 0 Å². The number of halogens is 1. The maximum absolute atomic E-state index is 11.9. The topological polar surface area (TPSA) is 63.2 Å². The van der Waals surface area contributed by atoms with E-state index in [1.54, 1.807) is 18.2 Å². The largest absolute Gasteiger partial charge is 0.355 e. The van der Waals surface area contributed by atoms with E-state index in [0.717, 1.165) is 17.3 Å². The van der Waals surface area contributed by atoms with Gasteiger partial charge in [0.15, 0.2) is 9.84 Å². The number of sulfone groups is 1. The van der Waals surface area contributed by atoms with Crippen LogP contribution in [0, 0.1) is 0 Å². The average molecular weight is 348 g/mol. The molecule has 19 heavy (non-hydrogen) atoms. The Labute approximate surface area is 122 Å².